The van der Waals surface area contributed by atoms with Gasteiger partial charge in [-0.05, 0) is 19.9 Å². The number of fused-ring (bicyclic) bond motifs is 1. The van der Waals surface area contributed by atoms with Gasteiger partial charge in [-0.25, -0.2) is 4.98 Å². The van der Waals surface area contributed by atoms with Crippen molar-refractivity contribution in [2.45, 2.75) is 32.9 Å². The highest BCUT2D eigenvalue weighted by molar-refractivity contribution is 7.15. The van der Waals surface area contributed by atoms with Gasteiger partial charge in [0.15, 0.2) is 5.13 Å². The molecule has 2 heterocycles. The third-order valence-corrected chi connectivity index (χ3v) is 5.03. The summed E-state index contributed by atoms with van der Waals surface area (Å²) in [4.78, 5) is 30.6. The predicted octanol–water partition coefficient (Wildman–Crippen LogP) is 3.07. The van der Waals surface area contributed by atoms with Gasteiger partial charge in [0.25, 0.3) is 11.6 Å². The van der Waals surface area contributed by atoms with Crippen molar-refractivity contribution < 1.29 is 9.72 Å². The largest absolute Gasteiger partial charge is 0.298 e. The molecule has 1 aliphatic rings. The zero-order valence-electron chi connectivity index (χ0n) is 13.5. The van der Waals surface area contributed by atoms with Gasteiger partial charge in [-0.1, -0.05) is 6.07 Å². The summed E-state index contributed by atoms with van der Waals surface area (Å²) in [5.74, 6) is -0.384. The van der Waals surface area contributed by atoms with Gasteiger partial charge >= 0.3 is 0 Å². The first-order valence-electron chi connectivity index (χ1n) is 7.72. The van der Waals surface area contributed by atoms with Gasteiger partial charge in [-0.15, -0.1) is 11.3 Å². The minimum Gasteiger partial charge on any atom is -0.298 e. The molecule has 1 amide bonds. The Kier molecular flexibility index (Phi) is 4.59. The summed E-state index contributed by atoms with van der Waals surface area (Å²) in [7, 11) is 0. The molecule has 0 aliphatic carbocycles. The van der Waals surface area contributed by atoms with E-state index in [9.17, 15) is 14.9 Å². The number of rotatable bonds is 4. The van der Waals surface area contributed by atoms with Gasteiger partial charge in [-0.3, -0.25) is 25.1 Å². The number of anilines is 1. The van der Waals surface area contributed by atoms with E-state index in [-0.39, 0.29) is 17.2 Å². The van der Waals surface area contributed by atoms with E-state index in [1.54, 1.807) is 6.07 Å². The third-order valence-electron chi connectivity index (χ3n) is 4.03. The zero-order valence-corrected chi connectivity index (χ0v) is 14.3. The molecule has 126 valence electrons. The maximum Gasteiger partial charge on any atom is 0.270 e. The molecule has 0 fully saturated rings. The van der Waals surface area contributed by atoms with Crippen LogP contribution in [0.2, 0.25) is 0 Å². The molecule has 3 rings (SSSR count). The minimum atomic E-state index is -0.515. The fourth-order valence-electron chi connectivity index (χ4n) is 2.64. The van der Waals surface area contributed by atoms with Gasteiger partial charge in [0.05, 0.1) is 10.6 Å². The Bertz CT molecular complexity index is 787. The van der Waals surface area contributed by atoms with Gasteiger partial charge in [-0.2, -0.15) is 0 Å². The number of carbonyl (C=O) groups is 1. The summed E-state index contributed by atoms with van der Waals surface area (Å²) in [5, 5.41) is 14.1. The minimum absolute atomic E-state index is 0.103. The number of aromatic nitrogens is 1. The van der Waals surface area contributed by atoms with Crippen LogP contribution in [0.5, 0.6) is 0 Å². The SMILES string of the molecule is CC(C)N1CCc2nc(NC(=O)c3cccc([N+](=O)[O-])c3)sc2C1. The number of amides is 1. The molecule has 0 saturated heterocycles. The molecule has 0 atom stereocenters. The molecular formula is C16H18N4O3S. The first-order chi connectivity index (χ1) is 11.4. The average molecular weight is 346 g/mol. The van der Waals surface area contributed by atoms with Crippen molar-refractivity contribution in [1.82, 2.24) is 9.88 Å². The third kappa shape index (κ3) is 3.44. The number of nitro groups is 1. The lowest BCUT2D eigenvalue weighted by molar-refractivity contribution is -0.384. The van der Waals surface area contributed by atoms with Crippen LogP contribution in [0.25, 0.3) is 0 Å². The summed E-state index contributed by atoms with van der Waals surface area (Å²) in [6, 6.07) is 6.16. The summed E-state index contributed by atoms with van der Waals surface area (Å²) < 4.78 is 0. The van der Waals surface area contributed by atoms with Gasteiger partial charge in [0, 0.05) is 48.1 Å². The molecule has 1 aliphatic heterocycles. The molecule has 0 radical (unpaired) electrons. The maximum absolute atomic E-state index is 12.3. The van der Waals surface area contributed by atoms with E-state index in [0.29, 0.717) is 11.2 Å². The Morgan fingerprint density at radius 1 is 1.46 bits per heavy atom. The molecule has 1 aromatic heterocycles. The Morgan fingerprint density at radius 2 is 2.25 bits per heavy atom. The molecule has 24 heavy (non-hydrogen) atoms. The molecule has 1 aromatic carbocycles. The quantitative estimate of drug-likeness (QED) is 0.679. The van der Waals surface area contributed by atoms with Gasteiger partial charge in [0.2, 0.25) is 0 Å². The molecule has 1 N–H and O–H groups in total. The van der Waals surface area contributed by atoms with Gasteiger partial charge in [0.1, 0.15) is 0 Å². The lowest BCUT2D eigenvalue weighted by atomic mass is 10.1. The van der Waals surface area contributed by atoms with Crippen molar-refractivity contribution >= 4 is 28.1 Å². The zero-order chi connectivity index (χ0) is 17.3. The van der Waals surface area contributed by atoms with Crippen LogP contribution in [0.4, 0.5) is 10.8 Å². The highest BCUT2D eigenvalue weighted by Crippen LogP contribution is 2.29. The topological polar surface area (TPSA) is 88.4 Å². The second-order valence-electron chi connectivity index (χ2n) is 5.96. The normalized spacial score (nSPS) is 14.5. The van der Waals surface area contributed by atoms with Crippen molar-refractivity contribution in [3.8, 4) is 0 Å². The molecule has 0 unspecified atom stereocenters. The van der Waals surface area contributed by atoms with Crippen molar-refractivity contribution in [3.05, 3.63) is 50.5 Å². The first-order valence-corrected chi connectivity index (χ1v) is 8.54. The van der Waals surface area contributed by atoms with Crippen LogP contribution in [-0.4, -0.2) is 33.3 Å². The van der Waals surface area contributed by atoms with Crippen LogP contribution in [0.3, 0.4) is 0 Å². The summed E-state index contributed by atoms with van der Waals surface area (Å²) in [6.07, 6.45) is 0.872. The number of carbonyl (C=O) groups excluding carboxylic acids is 1. The smallest absolute Gasteiger partial charge is 0.270 e. The van der Waals surface area contributed by atoms with Crippen molar-refractivity contribution in [2.24, 2.45) is 0 Å². The lowest BCUT2D eigenvalue weighted by Crippen LogP contribution is -2.35. The Morgan fingerprint density at radius 3 is 2.96 bits per heavy atom. The molecule has 0 spiro atoms. The second-order valence-corrected chi connectivity index (χ2v) is 7.05. The number of nitrogens with zero attached hydrogens (tertiary/aromatic N) is 3. The summed E-state index contributed by atoms with van der Waals surface area (Å²) >= 11 is 1.47. The van der Waals surface area contributed by atoms with E-state index in [0.717, 1.165) is 25.2 Å². The number of non-ortho nitro benzene ring substituents is 1. The van der Waals surface area contributed by atoms with Crippen LogP contribution in [0.15, 0.2) is 24.3 Å². The van der Waals surface area contributed by atoms with Crippen LogP contribution in [0.1, 0.15) is 34.8 Å². The van der Waals surface area contributed by atoms with E-state index in [2.05, 4.69) is 29.0 Å². The average Bonchev–Trinajstić information content (AvgIpc) is 2.96. The molecule has 7 nitrogen and oxygen atoms in total. The number of nitrogens with one attached hydrogen (secondary N) is 1. The molecule has 0 saturated carbocycles. The fourth-order valence-corrected chi connectivity index (χ4v) is 3.67. The monoisotopic (exact) mass is 346 g/mol. The lowest BCUT2D eigenvalue weighted by Gasteiger charge is -2.29. The second kappa shape index (κ2) is 6.66. The number of benzene rings is 1. The van der Waals surface area contributed by atoms with Crippen LogP contribution >= 0.6 is 11.3 Å². The first kappa shape index (κ1) is 16.5. The van der Waals surface area contributed by atoms with Crippen LogP contribution in [-0.2, 0) is 13.0 Å². The van der Waals surface area contributed by atoms with Crippen molar-refractivity contribution in [3.63, 3.8) is 0 Å². The fraction of sp³-hybridized carbons (Fsp3) is 0.375. The van der Waals surface area contributed by atoms with Gasteiger partial charge < -0.3 is 0 Å². The predicted molar refractivity (Wildman–Crippen MR) is 92.4 cm³/mol. The maximum atomic E-state index is 12.3. The number of nitro benzene ring substituents is 1. The van der Waals surface area contributed by atoms with Crippen LogP contribution in [0, 0.1) is 10.1 Å². The molecular weight excluding hydrogens is 328 g/mol. The van der Waals surface area contributed by atoms with E-state index in [1.165, 1.54) is 34.4 Å². The highest BCUT2D eigenvalue weighted by Gasteiger charge is 2.23. The van der Waals surface area contributed by atoms with E-state index in [4.69, 9.17) is 0 Å². The Balaban J connectivity index is 1.74. The van der Waals surface area contributed by atoms with Crippen molar-refractivity contribution in [1.29, 1.82) is 0 Å². The standard InChI is InChI=1S/C16H18N4O3S/c1-10(2)19-7-6-13-14(9-19)24-16(17-13)18-15(21)11-4-3-5-12(8-11)20(22)23/h3-5,8,10H,6-7,9H2,1-2H3,(H,17,18,21). The Hall–Kier alpha value is -2.32. The summed E-state index contributed by atoms with van der Waals surface area (Å²) in [5.41, 5.74) is 1.18. The van der Waals surface area contributed by atoms with E-state index < -0.39 is 4.92 Å². The van der Waals surface area contributed by atoms with E-state index in [1.807, 2.05) is 0 Å². The number of hydrogen-bond acceptors (Lipinski definition) is 6. The van der Waals surface area contributed by atoms with Crippen LogP contribution < -0.4 is 5.32 Å². The number of hydrogen-bond donors (Lipinski definition) is 1. The molecule has 8 heteroatoms. The highest BCUT2D eigenvalue weighted by atomic mass is 32.1. The molecule has 0 bridgehead atoms. The number of thiazole rings is 1. The Labute approximate surface area is 143 Å². The summed E-state index contributed by atoms with van der Waals surface area (Å²) in [6.45, 7) is 6.14. The molecule has 2 aromatic rings. The van der Waals surface area contributed by atoms with E-state index >= 15 is 0 Å². The van der Waals surface area contributed by atoms with Crippen molar-refractivity contribution in [2.75, 3.05) is 11.9 Å².